The molecule has 4 fully saturated rings. The summed E-state index contributed by atoms with van der Waals surface area (Å²) in [6.07, 6.45) is 26.7. The SMILES string of the molecule is O=C(CCSCCC(=O)N(C1CCCCC1)C1CCCCC1)N(C1CCCCC1)C1CCCCC1. The van der Waals surface area contributed by atoms with Crippen LogP contribution in [0, 0.1) is 0 Å². The molecule has 0 aromatic heterocycles. The van der Waals surface area contributed by atoms with E-state index >= 15 is 0 Å². The number of carbonyl (C=O) groups is 2. The molecule has 2 amide bonds. The fourth-order valence-electron chi connectivity index (χ4n) is 7.53. The van der Waals surface area contributed by atoms with Crippen LogP contribution >= 0.6 is 11.8 Å². The van der Waals surface area contributed by atoms with Gasteiger partial charge in [0.1, 0.15) is 0 Å². The maximum Gasteiger partial charge on any atom is 0.223 e. The van der Waals surface area contributed by atoms with Gasteiger partial charge in [0.2, 0.25) is 11.8 Å². The van der Waals surface area contributed by atoms with Crippen LogP contribution in [0.3, 0.4) is 0 Å². The van der Waals surface area contributed by atoms with Gasteiger partial charge >= 0.3 is 0 Å². The third-order valence-electron chi connectivity index (χ3n) is 9.37. The van der Waals surface area contributed by atoms with Gasteiger partial charge in [-0.3, -0.25) is 9.59 Å². The normalized spacial score (nSPS) is 23.8. The van der Waals surface area contributed by atoms with Gasteiger partial charge in [-0.1, -0.05) is 77.0 Å². The molecule has 0 aliphatic heterocycles. The highest BCUT2D eigenvalue weighted by Gasteiger charge is 2.33. The van der Waals surface area contributed by atoms with Crippen molar-refractivity contribution in [3.8, 4) is 0 Å². The van der Waals surface area contributed by atoms with Gasteiger partial charge in [0.15, 0.2) is 0 Å². The lowest BCUT2D eigenvalue weighted by Gasteiger charge is -2.42. The van der Waals surface area contributed by atoms with Gasteiger partial charge < -0.3 is 9.80 Å². The zero-order valence-electron chi connectivity index (χ0n) is 22.4. The van der Waals surface area contributed by atoms with Gasteiger partial charge in [-0.05, 0) is 51.4 Å². The Balaban J connectivity index is 1.23. The lowest BCUT2D eigenvalue weighted by molar-refractivity contribution is -0.138. The Hall–Kier alpha value is -0.710. The lowest BCUT2D eigenvalue weighted by Crippen LogP contribution is -2.49. The van der Waals surface area contributed by atoms with E-state index in [2.05, 4.69) is 9.80 Å². The molecule has 4 aliphatic carbocycles. The zero-order valence-corrected chi connectivity index (χ0v) is 23.2. The predicted octanol–water partition coefficient (Wildman–Crippen LogP) is 7.49. The van der Waals surface area contributed by atoms with Crippen LogP contribution in [0.4, 0.5) is 0 Å². The number of hydrogen-bond acceptors (Lipinski definition) is 3. The second-order valence-corrected chi connectivity index (χ2v) is 13.1. The first-order chi connectivity index (χ1) is 17.2. The molecule has 4 nitrogen and oxygen atoms in total. The summed E-state index contributed by atoms with van der Waals surface area (Å²) in [5.74, 6) is 2.53. The molecule has 0 radical (unpaired) electrons. The molecule has 0 aromatic rings. The lowest BCUT2D eigenvalue weighted by atomic mass is 9.88. The number of rotatable bonds is 10. The smallest absolute Gasteiger partial charge is 0.223 e. The first-order valence-electron chi connectivity index (χ1n) is 15.4. The monoisotopic (exact) mass is 504 g/mol. The van der Waals surface area contributed by atoms with E-state index in [0.717, 1.165) is 11.5 Å². The highest BCUT2D eigenvalue weighted by atomic mass is 32.2. The van der Waals surface area contributed by atoms with Crippen molar-refractivity contribution < 1.29 is 9.59 Å². The van der Waals surface area contributed by atoms with Crippen molar-refractivity contribution in [3.05, 3.63) is 0 Å². The fourth-order valence-corrected chi connectivity index (χ4v) is 8.37. The molecule has 4 rings (SSSR count). The van der Waals surface area contributed by atoms with E-state index in [0.29, 0.717) is 48.8 Å². The molecular formula is C30H52N2O2S. The van der Waals surface area contributed by atoms with E-state index in [4.69, 9.17) is 0 Å². The van der Waals surface area contributed by atoms with Gasteiger partial charge in [0.25, 0.3) is 0 Å². The van der Waals surface area contributed by atoms with Gasteiger partial charge in [-0.15, -0.1) is 0 Å². The number of carbonyl (C=O) groups excluding carboxylic acids is 2. The molecule has 0 unspecified atom stereocenters. The van der Waals surface area contributed by atoms with Crippen LogP contribution in [-0.2, 0) is 9.59 Å². The minimum atomic E-state index is 0.397. The van der Waals surface area contributed by atoms with Crippen molar-refractivity contribution in [2.75, 3.05) is 11.5 Å². The van der Waals surface area contributed by atoms with Crippen LogP contribution in [0.15, 0.2) is 0 Å². The zero-order chi connectivity index (χ0) is 24.3. The summed E-state index contributed by atoms with van der Waals surface area (Å²) in [6, 6.07) is 1.96. The Labute approximate surface area is 219 Å². The van der Waals surface area contributed by atoms with E-state index in [1.54, 1.807) is 0 Å². The largest absolute Gasteiger partial charge is 0.337 e. The first kappa shape index (κ1) is 27.3. The minimum absolute atomic E-state index is 0.397. The summed E-state index contributed by atoms with van der Waals surface area (Å²) < 4.78 is 0. The third-order valence-corrected chi connectivity index (χ3v) is 10.4. The molecule has 0 heterocycles. The Morgan fingerprint density at radius 3 is 0.971 bits per heavy atom. The Kier molecular flexibility index (Phi) is 11.6. The molecule has 0 saturated heterocycles. The van der Waals surface area contributed by atoms with Crippen LogP contribution in [0.2, 0.25) is 0 Å². The van der Waals surface area contributed by atoms with Gasteiger partial charge in [-0.25, -0.2) is 0 Å². The molecule has 0 N–H and O–H groups in total. The van der Waals surface area contributed by atoms with Crippen molar-refractivity contribution >= 4 is 23.6 Å². The molecule has 0 bridgehead atoms. The van der Waals surface area contributed by atoms with Crippen LogP contribution in [-0.4, -0.2) is 57.3 Å². The molecule has 4 aliphatic rings. The molecule has 200 valence electrons. The summed E-state index contributed by atoms with van der Waals surface area (Å²) in [5, 5.41) is 0. The van der Waals surface area contributed by atoms with Crippen molar-refractivity contribution in [2.24, 2.45) is 0 Å². The van der Waals surface area contributed by atoms with Gasteiger partial charge in [0.05, 0.1) is 0 Å². The number of thioether (sulfide) groups is 1. The van der Waals surface area contributed by atoms with Crippen molar-refractivity contribution in [1.29, 1.82) is 0 Å². The topological polar surface area (TPSA) is 40.6 Å². The van der Waals surface area contributed by atoms with Crippen LogP contribution in [0.5, 0.6) is 0 Å². The summed E-state index contributed by atoms with van der Waals surface area (Å²) >= 11 is 1.84. The highest BCUT2D eigenvalue weighted by Crippen LogP contribution is 2.32. The second-order valence-electron chi connectivity index (χ2n) is 11.9. The standard InChI is InChI=1S/C30H52N2O2S/c33-29(31(25-13-5-1-6-14-25)26-15-7-2-8-16-26)21-23-35-24-22-30(34)32(27-17-9-3-10-18-27)28-19-11-4-12-20-28/h25-28H,1-24H2. The van der Waals surface area contributed by atoms with Gasteiger partial charge in [-0.2, -0.15) is 11.8 Å². The molecule has 0 spiro atoms. The van der Waals surface area contributed by atoms with Crippen LogP contribution in [0.1, 0.15) is 141 Å². The molecule has 4 saturated carbocycles. The Bertz CT molecular complexity index is 542. The molecule has 0 aromatic carbocycles. The van der Waals surface area contributed by atoms with Crippen LogP contribution < -0.4 is 0 Å². The maximum atomic E-state index is 13.4. The Morgan fingerprint density at radius 1 is 0.457 bits per heavy atom. The molecule has 5 heteroatoms. The number of amides is 2. The van der Waals surface area contributed by atoms with Crippen molar-refractivity contribution in [1.82, 2.24) is 9.80 Å². The third kappa shape index (κ3) is 8.14. The van der Waals surface area contributed by atoms with E-state index in [1.165, 1.54) is 128 Å². The average Bonchev–Trinajstić information content (AvgIpc) is 2.91. The van der Waals surface area contributed by atoms with E-state index in [1.807, 2.05) is 11.8 Å². The average molecular weight is 505 g/mol. The second kappa shape index (κ2) is 14.9. The van der Waals surface area contributed by atoms with Crippen molar-refractivity contribution in [2.45, 2.75) is 165 Å². The van der Waals surface area contributed by atoms with Crippen molar-refractivity contribution in [3.63, 3.8) is 0 Å². The van der Waals surface area contributed by atoms with E-state index < -0.39 is 0 Å². The van der Waals surface area contributed by atoms with E-state index in [-0.39, 0.29) is 0 Å². The summed E-state index contributed by atoms with van der Waals surface area (Å²) in [4.78, 5) is 31.5. The predicted molar refractivity (Wildman–Crippen MR) is 148 cm³/mol. The highest BCUT2D eigenvalue weighted by molar-refractivity contribution is 7.99. The Morgan fingerprint density at radius 2 is 0.714 bits per heavy atom. The quantitative estimate of drug-likeness (QED) is 0.289. The molecular weight excluding hydrogens is 452 g/mol. The summed E-state index contributed by atoms with van der Waals surface area (Å²) in [7, 11) is 0. The fraction of sp³-hybridized carbons (Fsp3) is 0.933. The summed E-state index contributed by atoms with van der Waals surface area (Å²) in [5.41, 5.74) is 0. The van der Waals surface area contributed by atoms with E-state index in [9.17, 15) is 9.59 Å². The molecule has 35 heavy (non-hydrogen) atoms. The number of nitrogens with zero attached hydrogens (tertiary/aromatic N) is 2. The summed E-state index contributed by atoms with van der Waals surface area (Å²) in [6.45, 7) is 0. The minimum Gasteiger partial charge on any atom is -0.337 e. The number of hydrogen-bond donors (Lipinski definition) is 0. The first-order valence-corrected chi connectivity index (χ1v) is 16.6. The maximum absolute atomic E-state index is 13.4. The molecule has 0 atom stereocenters. The van der Waals surface area contributed by atoms with Crippen LogP contribution in [0.25, 0.3) is 0 Å². The van der Waals surface area contributed by atoms with Gasteiger partial charge in [0, 0.05) is 48.5 Å².